The van der Waals surface area contributed by atoms with E-state index in [0.29, 0.717) is 6.10 Å². The van der Waals surface area contributed by atoms with Crippen molar-refractivity contribution >= 4 is 12.4 Å². The van der Waals surface area contributed by atoms with Crippen molar-refractivity contribution in [2.75, 3.05) is 19.7 Å². The fourth-order valence-corrected chi connectivity index (χ4v) is 2.13. The van der Waals surface area contributed by atoms with E-state index in [-0.39, 0.29) is 12.4 Å². The van der Waals surface area contributed by atoms with Crippen LogP contribution in [-0.4, -0.2) is 25.8 Å². The van der Waals surface area contributed by atoms with Gasteiger partial charge >= 0.3 is 0 Å². The van der Waals surface area contributed by atoms with Gasteiger partial charge in [-0.25, -0.2) is 0 Å². The van der Waals surface area contributed by atoms with Gasteiger partial charge in [0.05, 0.1) is 6.10 Å². The monoisotopic (exact) mass is 177 g/mol. The summed E-state index contributed by atoms with van der Waals surface area (Å²) < 4.78 is 5.55. The van der Waals surface area contributed by atoms with Gasteiger partial charge in [-0.15, -0.1) is 12.4 Å². The van der Waals surface area contributed by atoms with Crippen molar-refractivity contribution in [1.29, 1.82) is 0 Å². The average Bonchev–Trinajstić information content (AvgIpc) is 2.26. The smallest absolute Gasteiger partial charge is 0.0621 e. The summed E-state index contributed by atoms with van der Waals surface area (Å²) in [6.07, 6.45) is 1.89. The predicted molar refractivity (Wildman–Crippen MR) is 47.1 cm³/mol. The highest BCUT2D eigenvalue weighted by Gasteiger charge is 2.44. The van der Waals surface area contributed by atoms with Crippen molar-refractivity contribution in [2.24, 2.45) is 11.8 Å². The Morgan fingerprint density at radius 2 is 2.27 bits per heavy atom. The zero-order valence-corrected chi connectivity index (χ0v) is 7.69. The fraction of sp³-hybridized carbons (Fsp3) is 1.00. The fourth-order valence-electron chi connectivity index (χ4n) is 2.13. The van der Waals surface area contributed by atoms with Crippen LogP contribution in [0.2, 0.25) is 0 Å². The number of fused-ring (bicyclic) bond motifs is 1. The molecule has 3 atom stereocenters. The molecule has 0 bridgehead atoms. The molecule has 2 fully saturated rings. The zero-order chi connectivity index (χ0) is 6.97. The number of rotatable bonds is 2. The summed E-state index contributed by atoms with van der Waals surface area (Å²) >= 11 is 0. The molecule has 1 aliphatic carbocycles. The third-order valence-corrected chi connectivity index (χ3v) is 2.79. The molecule has 1 aliphatic heterocycles. The second kappa shape index (κ2) is 3.74. The minimum atomic E-state index is 0. The Kier molecular flexibility index (Phi) is 3.16. The summed E-state index contributed by atoms with van der Waals surface area (Å²) in [5, 5.41) is 3.39. The summed E-state index contributed by atoms with van der Waals surface area (Å²) in [7, 11) is 0. The molecule has 3 unspecified atom stereocenters. The van der Waals surface area contributed by atoms with Crippen LogP contribution in [-0.2, 0) is 4.74 Å². The van der Waals surface area contributed by atoms with E-state index in [1.807, 2.05) is 0 Å². The molecule has 0 aromatic rings. The summed E-state index contributed by atoms with van der Waals surface area (Å²) in [5.74, 6) is 1.79. The summed E-state index contributed by atoms with van der Waals surface area (Å²) in [6.45, 7) is 5.38. The zero-order valence-electron chi connectivity index (χ0n) is 6.88. The van der Waals surface area contributed by atoms with Gasteiger partial charge in [-0.2, -0.15) is 0 Å². The van der Waals surface area contributed by atoms with Crippen LogP contribution in [0.1, 0.15) is 13.3 Å². The first-order valence-electron chi connectivity index (χ1n) is 4.24. The van der Waals surface area contributed by atoms with Gasteiger partial charge < -0.3 is 10.1 Å². The normalized spacial score (nSPS) is 40.6. The first kappa shape index (κ1) is 9.30. The van der Waals surface area contributed by atoms with Crippen LogP contribution >= 0.6 is 12.4 Å². The third kappa shape index (κ3) is 1.53. The van der Waals surface area contributed by atoms with Crippen molar-refractivity contribution in [3.8, 4) is 0 Å². The Labute approximate surface area is 74.1 Å². The summed E-state index contributed by atoms with van der Waals surface area (Å²) in [5.41, 5.74) is 0. The van der Waals surface area contributed by atoms with E-state index in [4.69, 9.17) is 4.74 Å². The topological polar surface area (TPSA) is 21.3 Å². The minimum absolute atomic E-state index is 0. The van der Waals surface area contributed by atoms with Crippen LogP contribution in [0.25, 0.3) is 0 Å². The van der Waals surface area contributed by atoms with Crippen LogP contribution in [0.15, 0.2) is 0 Å². The van der Waals surface area contributed by atoms with Crippen molar-refractivity contribution in [3.05, 3.63) is 0 Å². The van der Waals surface area contributed by atoms with Crippen LogP contribution in [0.5, 0.6) is 0 Å². The van der Waals surface area contributed by atoms with Gasteiger partial charge in [0.15, 0.2) is 0 Å². The summed E-state index contributed by atoms with van der Waals surface area (Å²) in [4.78, 5) is 0. The molecule has 11 heavy (non-hydrogen) atoms. The molecule has 0 aromatic heterocycles. The van der Waals surface area contributed by atoms with E-state index >= 15 is 0 Å². The number of ether oxygens (including phenoxy) is 1. The highest BCUT2D eigenvalue weighted by atomic mass is 35.5. The molecule has 0 aromatic carbocycles. The van der Waals surface area contributed by atoms with Gasteiger partial charge in [0.25, 0.3) is 0 Å². The molecule has 1 saturated heterocycles. The minimum Gasteiger partial charge on any atom is -0.378 e. The van der Waals surface area contributed by atoms with Crippen molar-refractivity contribution in [1.82, 2.24) is 5.32 Å². The second-order valence-corrected chi connectivity index (χ2v) is 3.31. The molecule has 1 N–H and O–H groups in total. The van der Waals surface area contributed by atoms with E-state index < -0.39 is 0 Å². The lowest BCUT2D eigenvalue weighted by atomic mass is 9.73. The highest BCUT2D eigenvalue weighted by molar-refractivity contribution is 5.85. The van der Waals surface area contributed by atoms with Crippen LogP contribution in [0.3, 0.4) is 0 Å². The molecule has 0 amide bonds. The number of nitrogens with one attached hydrogen (secondary N) is 1. The molecular weight excluding hydrogens is 162 g/mol. The van der Waals surface area contributed by atoms with Gasteiger partial charge in [-0.3, -0.25) is 0 Å². The van der Waals surface area contributed by atoms with Gasteiger partial charge in [0, 0.05) is 19.1 Å². The van der Waals surface area contributed by atoms with Gasteiger partial charge in [-0.05, 0) is 25.8 Å². The molecule has 3 heteroatoms. The second-order valence-electron chi connectivity index (χ2n) is 3.31. The summed E-state index contributed by atoms with van der Waals surface area (Å²) in [6, 6.07) is 0. The number of hydrogen-bond donors (Lipinski definition) is 1. The molecule has 66 valence electrons. The maximum absolute atomic E-state index is 5.55. The lowest BCUT2D eigenvalue weighted by Gasteiger charge is -2.38. The van der Waals surface area contributed by atoms with Crippen LogP contribution in [0.4, 0.5) is 0 Å². The number of hydrogen-bond acceptors (Lipinski definition) is 2. The Bertz CT molecular complexity index is 131. The molecule has 1 heterocycles. The van der Waals surface area contributed by atoms with E-state index in [9.17, 15) is 0 Å². The van der Waals surface area contributed by atoms with E-state index in [2.05, 4.69) is 12.2 Å². The Hall–Kier alpha value is 0.210. The molecular formula is C8H16ClNO. The Balaban J connectivity index is 0.000000605. The van der Waals surface area contributed by atoms with E-state index in [1.165, 1.54) is 19.5 Å². The maximum Gasteiger partial charge on any atom is 0.0621 e. The lowest BCUT2D eigenvalue weighted by molar-refractivity contribution is -0.0607. The van der Waals surface area contributed by atoms with Gasteiger partial charge in [-0.1, -0.05) is 0 Å². The third-order valence-electron chi connectivity index (χ3n) is 2.79. The van der Waals surface area contributed by atoms with E-state index in [0.717, 1.165) is 18.4 Å². The predicted octanol–water partition coefficient (Wildman–Crippen LogP) is 1.05. The lowest BCUT2D eigenvalue weighted by Crippen LogP contribution is -2.42. The quantitative estimate of drug-likeness (QED) is 0.681. The molecule has 2 nitrogen and oxygen atoms in total. The molecule has 0 spiro atoms. The van der Waals surface area contributed by atoms with Crippen LogP contribution < -0.4 is 5.32 Å². The largest absolute Gasteiger partial charge is 0.378 e. The molecule has 0 radical (unpaired) electrons. The first-order valence-corrected chi connectivity index (χ1v) is 4.24. The van der Waals surface area contributed by atoms with Crippen molar-refractivity contribution in [2.45, 2.75) is 19.4 Å². The standard InChI is InChI=1S/C8H15NO.ClH/c1-2-10-8-3-6-4-9-5-7(6)8;/h6-9H,2-5H2,1H3;1H. The van der Waals surface area contributed by atoms with Gasteiger partial charge in [0.2, 0.25) is 0 Å². The molecule has 2 aliphatic rings. The van der Waals surface area contributed by atoms with Crippen molar-refractivity contribution in [3.63, 3.8) is 0 Å². The van der Waals surface area contributed by atoms with Crippen LogP contribution in [0, 0.1) is 11.8 Å². The Morgan fingerprint density at radius 3 is 2.91 bits per heavy atom. The first-order chi connectivity index (χ1) is 4.92. The SMILES string of the molecule is CCOC1CC2CNCC21.Cl. The maximum atomic E-state index is 5.55. The molecule has 1 saturated carbocycles. The Morgan fingerprint density at radius 1 is 1.45 bits per heavy atom. The van der Waals surface area contributed by atoms with Gasteiger partial charge in [0.1, 0.15) is 0 Å². The molecule has 2 rings (SSSR count). The number of halogens is 1. The van der Waals surface area contributed by atoms with E-state index in [1.54, 1.807) is 0 Å². The van der Waals surface area contributed by atoms with Crippen molar-refractivity contribution < 1.29 is 4.74 Å². The highest BCUT2D eigenvalue weighted by Crippen LogP contribution is 2.39. The average molecular weight is 178 g/mol.